The first kappa shape index (κ1) is 15.5. The van der Waals surface area contributed by atoms with Crippen molar-refractivity contribution in [3.05, 3.63) is 28.8 Å². The van der Waals surface area contributed by atoms with E-state index in [0.717, 1.165) is 11.1 Å². The molecule has 1 aromatic rings. The van der Waals surface area contributed by atoms with Gasteiger partial charge >= 0.3 is 0 Å². The first-order valence-electron chi connectivity index (χ1n) is 6.51. The maximum Gasteiger partial charge on any atom is 0.255 e. The third kappa shape index (κ3) is 3.70. The van der Waals surface area contributed by atoms with Crippen molar-refractivity contribution in [2.75, 3.05) is 6.54 Å². The number of hydrogen-bond donors (Lipinski definition) is 3. The number of hydrogen-bond acceptors (Lipinski definition) is 3. The molecule has 0 bridgehead atoms. The summed E-state index contributed by atoms with van der Waals surface area (Å²) in [5.74, 6) is -0.232. The molecule has 0 aliphatic heterocycles. The van der Waals surface area contributed by atoms with Crippen molar-refractivity contribution in [2.45, 2.75) is 46.1 Å². The lowest BCUT2D eigenvalue weighted by Crippen LogP contribution is -2.38. The summed E-state index contributed by atoms with van der Waals surface area (Å²) in [6, 6.07) is 3.49. The number of aryl methyl sites for hydroxylation is 1. The zero-order valence-corrected chi connectivity index (χ0v) is 12.4. The van der Waals surface area contributed by atoms with Crippen LogP contribution in [0.4, 0.5) is 0 Å². The van der Waals surface area contributed by atoms with Gasteiger partial charge in [0.25, 0.3) is 5.91 Å². The number of aromatic hydroxyl groups is 1. The summed E-state index contributed by atoms with van der Waals surface area (Å²) in [6.45, 7) is 10.1. The Morgan fingerprint density at radius 1 is 1.42 bits per heavy atom. The number of phenolic OH excluding ortho intramolecular Hbond substituents is 1. The Morgan fingerprint density at radius 3 is 2.47 bits per heavy atom. The maximum atomic E-state index is 12.1. The third-order valence-corrected chi connectivity index (χ3v) is 3.04. The largest absolute Gasteiger partial charge is 0.507 e. The van der Waals surface area contributed by atoms with Gasteiger partial charge in [-0.05, 0) is 30.9 Å². The minimum Gasteiger partial charge on any atom is -0.507 e. The van der Waals surface area contributed by atoms with Crippen molar-refractivity contribution in [1.29, 1.82) is 0 Å². The van der Waals surface area contributed by atoms with E-state index < -0.39 is 0 Å². The minimum atomic E-state index is -0.287. The predicted molar refractivity (Wildman–Crippen MR) is 77.5 cm³/mol. The van der Waals surface area contributed by atoms with Gasteiger partial charge in [-0.3, -0.25) is 4.79 Å². The van der Waals surface area contributed by atoms with Crippen molar-refractivity contribution < 1.29 is 9.90 Å². The number of nitrogens with one attached hydrogen (secondary N) is 1. The van der Waals surface area contributed by atoms with Crippen LogP contribution in [0.3, 0.4) is 0 Å². The summed E-state index contributed by atoms with van der Waals surface area (Å²) in [5, 5.41) is 13.1. The molecule has 0 aliphatic carbocycles. The number of phenols is 1. The standard InChI is InChI=1S/C15H24N2O2/c1-9-6-11(14(19)17-10(2)8-16)13(18)12(7-9)15(3,4)5/h6-7,10,18H,8,16H2,1-5H3,(H,17,19). The molecule has 0 heterocycles. The molecular formula is C15H24N2O2. The van der Waals surface area contributed by atoms with Crippen LogP contribution in [0.25, 0.3) is 0 Å². The van der Waals surface area contributed by atoms with Crippen LogP contribution in [0.5, 0.6) is 5.75 Å². The Kier molecular flexibility index (Phi) is 4.58. The van der Waals surface area contributed by atoms with Gasteiger partial charge in [0.1, 0.15) is 5.75 Å². The highest BCUT2D eigenvalue weighted by Gasteiger charge is 2.23. The van der Waals surface area contributed by atoms with Crippen LogP contribution in [-0.2, 0) is 5.41 Å². The Labute approximate surface area is 115 Å². The van der Waals surface area contributed by atoms with Crippen LogP contribution < -0.4 is 11.1 Å². The fraction of sp³-hybridized carbons (Fsp3) is 0.533. The summed E-state index contributed by atoms with van der Waals surface area (Å²) < 4.78 is 0. The number of nitrogens with two attached hydrogens (primary N) is 1. The van der Waals surface area contributed by atoms with Crippen LogP contribution in [0.2, 0.25) is 0 Å². The average molecular weight is 264 g/mol. The van der Waals surface area contributed by atoms with E-state index >= 15 is 0 Å². The monoisotopic (exact) mass is 264 g/mol. The molecule has 1 aromatic carbocycles. The number of rotatable bonds is 3. The fourth-order valence-corrected chi connectivity index (χ4v) is 1.88. The van der Waals surface area contributed by atoms with Crippen molar-refractivity contribution in [1.82, 2.24) is 5.32 Å². The molecule has 0 aromatic heterocycles. The normalized spacial score (nSPS) is 13.2. The van der Waals surface area contributed by atoms with Gasteiger partial charge in [-0.15, -0.1) is 0 Å². The number of amides is 1. The molecule has 19 heavy (non-hydrogen) atoms. The Balaban J connectivity index is 3.22. The molecule has 1 atom stereocenters. The lowest BCUT2D eigenvalue weighted by Gasteiger charge is -2.23. The first-order valence-corrected chi connectivity index (χ1v) is 6.51. The highest BCUT2D eigenvalue weighted by molar-refractivity contribution is 5.97. The second kappa shape index (κ2) is 5.61. The zero-order valence-electron chi connectivity index (χ0n) is 12.4. The van der Waals surface area contributed by atoms with E-state index in [4.69, 9.17) is 5.73 Å². The van der Waals surface area contributed by atoms with Gasteiger partial charge in [0.2, 0.25) is 0 Å². The van der Waals surface area contributed by atoms with E-state index in [1.165, 1.54) is 0 Å². The lowest BCUT2D eigenvalue weighted by atomic mass is 9.84. The summed E-state index contributed by atoms with van der Waals surface area (Å²) in [5.41, 5.74) is 7.31. The van der Waals surface area contributed by atoms with E-state index in [1.54, 1.807) is 6.07 Å². The van der Waals surface area contributed by atoms with Gasteiger partial charge in [0, 0.05) is 18.2 Å². The van der Waals surface area contributed by atoms with Gasteiger partial charge < -0.3 is 16.2 Å². The first-order chi connectivity index (χ1) is 8.66. The lowest BCUT2D eigenvalue weighted by molar-refractivity contribution is 0.0938. The molecule has 0 spiro atoms. The minimum absolute atomic E-state index is 0.0554. The van der Waals surface area contributed by atoms with Gasteiger partial charge in [-0.25, -0.2) is 0 Å². The maximum absolute atomic E-state index is 12.1. The van der Waals surface area contributed by atoms with Crippen molar-refractivity contribution in [3.63, 3.8) is 0 Å². The Bertz CT molecular complexity index is 476. The van der Waals surface area contributed by atoms with E-state index in [-0.39, 0.29) is 23.1 Å². The van der Waals surface area contributed by atoms with Gasteiger partial charge in [-0.2, -0.15) is 0 Å². The zero-order chi connectivity index (χ0) is 14.8. The van der Waals surface area contributed by atoms with Crippen LogP contribution in [-0.4, -0.2) is 23.6 Å². The van der Waals surface area contributed by atoms with Crippen molar-refractivity contribution >= 4 is 5.91 Å². The molecule has 0 radical (unpaired) electrons. The molecule has 0 fully saturated rings. The number of carbonyl (C=O) groups is 1. The van der Waals surface area contributed by atoms with Gasteiger partial charge in [0.15, 0.2) is 0 Å². The van der Waals surface area contributed by atoms with E-state index in [2.05, 4.69) is 5.32 Å². The SMILES string of the molecule is Cc1cc(C(=O)NC(C)CN)c(O)c(C(C)(C)C)c1. The number of benzene rings is 1. The van der Waals surface area contributed by atoms with Gasteiger partial charge in [-0.1, -0.05) is 26.8 Å². The molecule has 1 rings (SSSR count). The highest BCUT2D eigenvalue weighted by Crippen LogP contribution is 2.34. The highest BCUT2D eigenvalue weighted by atomic mass is 16.3. The second-order valence-electron chi connectivity index (χ2n) is 6.07. The molecule has 0 saturated carbocycles. The topological polar surface area (TPSA) is 75.4 Å². The van der Waals surface area contributed by atoms with Crippen LogP contribution in [0.1, 0.15) is 49.2 Å². The molecule has 0 aliphatic rings. The van der Waals surface area contributed by atoms with Crippen molar-refractivity contribution in [3.8, 4) is 5.75 Å². The van der Waals surface area contributed by atoms with Crippen molar-refractivity contribution in [2.24, 2.45) is 5.73 Å². The Morgan fingerprint density at radius 2 is 2.00 bits per heavy atom. The van der Waals surface area contributed by atoms with Crippen LogP contribution in [0, 0.1) is 6.92 Å². The van der Waals surface area contributed by atoms with Crippen LogP contribution >= 0.6 is 0 Å². The quantitative estimate of drug-likeness (QED) is 0.782. The van der Waals surface area contributed by atoms with E-state index in [0.29, 0.717) is 12.1 Å². The average Bonchev–Trinajstić information content (AvgIpc) is 2.29. The summed E-state index contributed by atoms with van der Waals surface area (Å²) >= 11 is 0. The third-order valence-electron chi connectivity index (χ3n) is 3.04. The van der Waals surface area contributed by atoms with Crippen LogP contribution in [0.15, 0.2) is 12.1 Å². The molecule has 0 saturated heterocycles. The summed E-state index contributed by atoms with van der Waals surface area (Å²) in [6.07, 6.45) is 0. The predicted octanol–water partition coefficient (Wildman–Crippen LogP) is 2.08. The molecule has 1 unspecified atom stereocenters. The van der Waals surface area contributed by atoms with E-state index in [1.807, 2.05) is 40.7 Å². The fourth-order valence-electron chi connectivity index (χ4n) is 1.88. The summed E-state index contributed by atoms with van der Waals surface area (Å²) in [7, 11) is 0. The van der Waals surface area contributed by atoms with Gasteiger partial charge in [0.05, 0.1) is 5.56 Å². The molecule has 4 heteroatoms. The van der Waals surface area contributed by atoms with E-state index in [9.17, 15) is 9.90 Å². The number of carbonyl (C=O) groups excluding carboxylic acids is 1. The second-order valence-corrected chi connectivity index (χ2v) is 6.07. The molecular weight excluding hydrogens is 240 g/mol. The molecule has 4 N–H and O–H groups in total. The molecule has 106 valence electrons. The summed E-state index contributed by atoms with van der Waals surface area (Å²) in [4.78, 5) is 12.1. The molecule has 4 nitrogen and oxygen atoms in total. The smallest absolute Gasteiger partial charge is 0.255 e. The molecule has 1 amide bonds. The Hall–Kier alpha value is -1.55.